The van der Waals surface area contributed by atoms with Gasteiger partial charge >= 0.3 is 0 Å². The second kappa shape index (κ2) is 3.09. The highest BCUT2D eigenvalue weighted by Crippen LogP contribution is 2.27. The van der Waals surface area contributed by atoms with E-state index in [9.17, 15) is 9.50 Å². The van der Waals surface area contributed by atoms with Crippen molar-refractivity contribution < 1.29 is 9.50 Å². The second-order valence-corrected chi connectivity index (χ2v) is 2.21. The van der Waals surface area contributed by atoms with E-state index in [-0.39, 0.29) is 17.0 Å². The molecule has 0 bridgehead atoms. The van der Waals surface area contributed by atoms with Gasteiger partial charge in [0.1, 0.15) is 11.9 Å². The zero-order valence-electron chi connectivity index (χ0n) is 6.43. The van der Waals surface area contributed by atoms with Crippen LogP contribution >= 0.6 is 0 Å². The van der Waals surface area contributed by atoms with Crippen molar-refractivity contribution in [2.75, 3.05) is 12.4 Å². The molecular weight excluding hydrogens is 159 g/mol. The molecule has 0 aliphatic heterocycles. The molecule has 0 saturated heterocycles. The van der Waals surface area contributed by atoms with Crippen LogP contribution in [0.1, 0.15) is 5.56 Å². The Kier molecular flexibility index (Phi) is 2.15. The summed E-state index contributed by atoms with van der Waals surface area (Å²) in [6, 6.07) is 3.78. The molecule has 0 aromatic heterocycles. The third-order valence-corrected chi connectivity index (χ3v) is 1.46. The van der Waals surface area contributed by atoms with E-state index in [1.54, 1.807) is 6.07 Å². The number of rotatable bonds is 1. The zero-order chi connectivity index (χ0) is 9.14. The fourth-order valence-corrected chi connectivity index (χ4v) is 0.875. The number of halogens is 1. The van der Waals surface area contributed by atoms with Crippen molar-refractivity contribution in [1.82, 2.24) is 0 Å². The average Bonchev–Trinajstić information content (AvgIpc) is 2.08. The van der Waals surface area contributed by atoms with E-state index in [4.69, 9.17) is 5.26 Å². The first-order valence-electron chi connectivity index (χ1n) is 3.29. The number of aromatic hydroxyl groups is 1. The van der Waals surface area contributed by atoms with Gasteiger partial charge in [0.2, 0.25) is 0 Å². The normalized spacial score (nSPS) is 9.08. The van der Waals surface area contributed by atoms with Gasteiger partial charge in [0.15, 0.2) is 5.75 Å². The maximum Gasteiger partial charge on any atom is 0.156 e. The number of anilines is 1. The van der Waals surface area contributed by atoms with E-state index in [0.717, 1.165) is 12.1 Å². The molecule has 1 rings (SSSR count). The van der Waals surface area contributed by atoms with Crippen molar-refractivity contribution >= 4 is 5.69 Å². The number of nitriles is 1. The van der Waals surface area contributed by atoms with Crippen LogP contribution in [-0.2, 0) is 0 Å². The monoisotopic (exact) mass is 166 g/mol. The van der Waals surface area contributed by atoms with Gasteiger partial charge in [-0.2, -0.15) is 5.26 Å². The standard InChI is InChI=1S/C8H7FN2O/c1-11-7-3-6(9)2-5(4-10)8(7)12/h2-3,11-12H,1H3. The molecule has 0 radical (unpaired) electrons. The Morgan fingerprint density at radius 2 is 2.25 bits per heavy atom. The molecule has 62 valence electrons. The highest BCUT2D eigenvalue weighted by molar-refractivity contribution is 5.62. The third kappa shape index (κ3) is 1.30. The van der Waals surface area contributed by atoms with Gasteiger partial charge in [0.05, 0.1) is 11.3 Å². The number of nitrogens with one attached hydrogen (secondary N) is 1. The minimum absolute atomic E-state index is 0.0700. The lowest BCUT2D eigenvalue weighted by molar-refractivity contribution is 0.473. The van der Waals surface area contributed by atoms with Gasteiger partial charge in [-0.05, 0) is 6.07 Å². The van der Waals surface area contributed by atoms with Gasteiger partial charge in [0, 0.05) is 13.1 Å². The third-order valence-electron chi connectivity index (χ3n) is 1.46. The maximum atomic E-state index is 12.7. The highest BCUT2D eigenvalue weighted by Gasteiger charge is 2.07. The molecule has 0 aliphatic rings. The molecule has 1 aromatic rings. The van der Waals surface area contributed by atoms with E-state index >= 15 is 0 Å². The number of benzene rings is 1. The topological polar surface area (TPSA) is 56.0 Å². The van der Waals surface area contributed by atoms with Crippen LogP contribution in [0.25, 0.3) is 0 Å². The van der Waals surface area contributed by atoms with Crippen molar-refractivity contribution in [2.45, 2.75) is 0 Å². The number of hydrogen-bond donors (Lipinski definition) is 2. The fourth-order valence-electron chi connectivity index (χ4n) is 0.875. The molecule has 0 unspecified atom stereocenters. The molecule has 0 aliphatic carbocycles. The van der Waals surface area contributed by atoms with Crippen LogP contribution in [0.5, 0.6) is 5.75 Å². The fraction of sp³-hybridized carbons (Fsp3) is 0.125. The summed E-state index contributed by atoms with van der Waals surface area (Å²) < 4.78 is 12.7. The Labute approximate surface area is 69.1 Å². The molecule has 0 fully saturated rings. The summed E-state index contributed by atoms with van der Waals surface area (Å²) in [6.07, 6.45) is 0. The van der Waals surface area contributed by atoms with E-state index in [2.05, 4.69) is 5.32 Å². The summed E-state index contributed by atoms with van der Waals surface area (Å²) in [7, 11) is 1.54. The summed E-state index contributed by atoms with van der Waals surface area (Å²) in [5.41, 5.74) is 0.144. The van der Waals surface area contributed by atoms with Gasteiger partial charge in [-0.25, -0.2) is 4.39 Å². The summed E-state index contributed by atoms with van der Waals surface area (Å²) in [6.45, 7) is 0. The first-order chi connectivity index (χ1) is 5.69. The number of hydrogen-bond acceptors (Lipinski definition) is 3. The minimum Gasteiger partial charge on any atom is -0.504 e. The molecule has 0 heterocycles. The minimum atomic E-state index is -0.547. The number of phenols is 1. The Bertz CT molecular complexity index is 344. The molecule has 3 nitrogen and oxygen atoms in total. The van der Waals surface area contributed by atoms with Crippen molar-refractivity contribution in [2.24, 2.45) is 0 Å². The predicted octanol–water partition coefficient (Wildman–Crippen LogP) is 1.44. The zero-order valence-corrected chi connectivity index (χ0v) is 6.43. The predicted molar refractivity (Wildman–Crippen MR) is 42.3 cm³/mol. The first kappa shape index (κ1) is 8.34. The maximum absolute atomic E-state index is 12.7. The van der Waals surface area contributed by atoms with E-state index in [1.807, 2.05) is 0 Å². The van der Waals surface area contributed by atoms with Gasteiger partial charge < -0.3 is 10.4 Å². The molecule has 0 spiro atoms. The average molecular weight is 166 g/mol. The van der Waals surface area contributed by atoms with Crippen LogP contribution in [0.2, 0.25) is 0 Å². The SMILES string of the molecule is CNc1cc(F)cc(C#N)c1O. The lowest BCUT2D eigenvalue weighted by Crippen LogP contribution is -1.92. The summed E-state index contributed by atoms with van der Waals surface area (Å²) in [5.74, 6) is -0.768. The number of nitrogens with zero attached hydrogens (tertiary/aromatic N) is 1. The Balaban J connectivity index is 3.34. The molecule has 4 heteroatoms. The van der Waals surface area contributed by atoms with Crippen LogP contribution in [0, 0.1) is 17.1 Å². The van der Waals surface area contributed by atoms with Crippen LogP contribution in [-0.4, -0.2) is 12.2 Å². The van der Waals surface area contributed by atoms with Gasteiger partial charge in [-0.1, -0.05) is 0 Å². The van der Waals surface area contributed by atoms with Crippen molar-refractivity contribution in [3.05, 3.63) is 23.5 Å². The van der Waals surface area contributed by atoms with Crippen molar-refractivity contribution in [1.29, 1.82) is 5.26 Å². The van der Waals surface area contributed by atoms with Crippen LogP contribution < -0.4 is 5.32 Å². The quantitative estimate of drug-likeness (QED) is 0.621. The molecule has 12 heavy (non-hydrogen) atoms. The molecule has 0 saturated carbocycles. The van der Waals surface area contributed by atoms with Gasteiger partial charge in [-0.15, -0.1) is 0 Å². The van der Waals surface area contributed by atoms with Crippen molar-refractivity contribution in [3.8, 4) is 11.8 Å². The smallest absolute Gasteiger partial charge is 0.156 e. The molecule has 1 aromatic carbocycles. The van der Waals surface area contributed by atoms with Crippen LogP contribution in [0.3, 0.4) is 0 Å². The first-order valence-corrected chi connectivity index (χ1v) is 3.29. The van der Waals surface area contributed by atoms with Crippen LogP contribution in [0.4, 0.5) is 10.1 Å². The van der Waals surface area contributed by atoms with E-state index in [0.29, 0.717) is 0 Å². The molecule has 0 amide bonds. The highest BCUT2D eigenvalue weighted by atomic mass is 19.1. The molecular formula is C8H7FN2O. The van der Waals surface area contributed by atoms with Gasteiger partial charge in [0.25, 0.3) is 0 Å². The van der Waals surface area contributed by atoms with E-state index < -0.39 is 5.82 Å². The largest absolute Gasteiger partial charge is 0.504 e. The summed E-state index contributed by atoms with van der Waals surface area (Å²) in [4.78, 5) is 0. The number of phenolic OH excluding ortho intramolecular Hbond substituents is 1. The van der Waals surface area contributed by atoms with E-state index in [1.165, 1.54) is 7.05 Å². The molecule has 0 atom stereocenters. The lowest BCUT2D eigenvalue weighted by Gasteiger charge is -2.04. The molecule has 2 N–H and O–H groups in total. The summed E-state index contributed by atoms with van der Waals surface area (Å²) >= 11 is 0. The Morgan fingerprint density at radius 1 is 1.58 bits per heavy atom. The van der Waals surface area contributed by atoms with Crippen molar-refractivity contribution in [3.63, 3.8) is 0 Å². The Hall–Kier alpha value is -1.76. The summed E-state index contributed by atoms with van der Waals surface area (Å²) in [5, 5.41) is 20.3. The second-order valence-electron chi connectivity index (χ2n) is 2.21. The lowest BCUT2D eigenvalue weighted by atomic mass is 10.2. The van der Waals surface area contributed by atoms with Crippen LogP contribution in [0.15, 0.2) is 12.1 Å². The van der Waals surface area contributed by atoms with Gasteiger partial charge in [-0.3, -0.25) is 0 Å². The Morgan fingerprint density at radius 3 is 2.75 bits per heavy atom.